The minimum atomic E-state index is -0.383. The van der Waals surface area contributed by atoms with Crippen molar-refractivity contribution in [1.29, 1.82) is 0 Å². The molecule has 22 heavy (non-hydrogen) atoms. The van der Waals surface area contributed by atoms with Crippen LogP contribution < -0.4 is 5.32 Å². The van der Waals surface area contributed by atoms with Crippen molar-refractivity contribution in [2.75, 3.05) is 5.32 Å². The van der Waals surface area contributed by atoms with Crippen LogP contribution in [-0.2, 0) is 6.42 Å². The molecule has 0 fully saturated rings. The third-order valence-electron chi connectivity index (χ3n) is 4.40. The van der Waals surface area contributed by atoms with Gasteiger partial charge in [-0.15, -0.1) is 0 Å². The number of aliphatic hydroxyl groups is 1. The molecule has 0 amide bonds. The van der Waals surface area contributed by atoms with E-state index < -0.39 is 0 Å². The van der Waals surface area contributed by atoms with Gasteiger partial charge in [-0.1, -0.05) is 24.3 Å². The van der Waals surface area contributed by atoms with Crippen LogP contribution in [0.15, 0.2) is 48.8 Å². The standard InChI is InChI=1S/C18H19N3O/c1-12-11-21-10-4-7-15(18(21)19-12)20-17-14-6-3-2-5-13(14)8-9-16(17)22/h2-7,10-11,16-17,20,22H,8-9H2,1H3. The molecule has 2 aromatic heterocycles. The number of anilines is 1. The van der Waals surface area contributed by atoms with Gasteiger partial charge in [-0.05, 0) is 43.0 Å². The molecule has 0 spiro atoms. The van der Waals surface area contributed by atoms with Crippen molar-refractivity contribution in [2.45, 2.75) is 31.9 Å². The number of nitrogens with zero attached hydrogens (tertiary/aromatic N) is 2. The fourth-order valence-electron chi connectivity index (χ4n) is 3.33. The monoisotopic (exact) mass is 293 g/mol. The van der Waals surface area contributed by atoms with Crippen LogP contribution in [-0.4, -0.2) is 20.6 Å². The van der Waals surface area contributed by atoms with Crippen LogP contribution in [0.2, 0.25) is 0 Å². The summed E-state index contributed by atoms with van der Waals surface area (Å²) in [5.74, 6) is 0. The van der Waals surface area contributed by atoms with Crippen LogP contribution in [0.5, 0.6) is 0 Å². The quantitative estimate of drug-likeness (QED) is 0.763. The lowest BCUT2D eigenvalue weighted by Crippen LogP contribution is -2.30. The van der Waals surface area contributed by atoms with Crippen LogP contribution in [0.25, 0.3) is 5.65 Å². The van der Waals surface area contributed by atoms with E-state index in [1.54, 1.807) is 0 Å². The number of benzene rings is 1. The molecule has 1 aliphatic carbocycles. The molecule has 2 unspecified atom stereocenters. The van der Waals surface area contributed by atoms with Gasteiger partial charge < -0.3 is 14.8 Å². The highest BCUT2D eigenvalue weighted by molar-refractivity contribution is 5.68. The molecule has 2 N–H and O–H groups in total. The summed E-state index contributed by atoms with van der Waals surface area (Å²) in [6, 6.07) is 12.3. The first-order valence-electron chi connectivity index (χ1n) is 7.69. The summed E-state index contributed by atoms with van der Waals surface area (Å²) in [5.41, 5.74) is 5.34. The fraction of sp³-hybridized carbons (Fsp3) is 0.278. The van der Waals surface area contributed by atoms with E-state index in [4.69, 9.17) is 0 Å². The minimum Gasteiger partial charge on any atom is -0.391 e. The number of pyridine rings is 1. The number of aromatic nitrogens is 2. The Morgan fingerprint density at radius 1 is 1.23 bits per heavy atom. The van der Waals surface area contributed by atoms with Gasteiger partial charge >= 0.3 is 0 Å². The molecule has 1 aromatic carbocycles. The molecule has 0 radical (unpaired) electrons. The Morgan fingerprint density at radius 2 is 2.09 bits per heavy atom. The molecule has 0 aliphatic heterocycles. The Balaban J connectivity index is 1.76. The lowest BCUT2D eigenvalue weighted by atomic mass is 9.85. The summed E-state index contributed by atoms with van der Waals surface area (Å²) in [5, 5.41) is 14.0. The number of imidazole rings is 1. The predicted octanol–water partition coefficient (Wildman–Crippen LogP) is 3.10. The largest absolute Gasteiger partial charge is 0.391 e. The van der Waals surface area contributed by atoms with Crippen LogP contribution in [0.3, 0.4) is 0 Å². The first-order chi connectivity index (χ1) is 10.7. The highest BCUT2D eigenvalue weighted by Crippen LogP contribution is 2.33. The molecular weight excluding hydrogens is 274 g/mol. The van der Waals surface area contributed by atoms with Crippen molar-refractivity contribution < 1.29 is 5.11 Å². The average Bonchev–Trinajstić information content (AvgIpc) is 2.91. The summed E-state index contributed by atoms with van der Waals surface area (Å²) in [4.78, 5) is 4.58. The molecule has 1 aliphatic rings. The van der Waals surface area contributed by atoms with Gasteiger partial charge in [0.25, 0.3) is 0 Å². The SMILES string of the molecule is Cc1cn2cccc(NC3c4ccccc4CCC3O)c2n1. The molecule has 4 rings (SSSR count). The molecule has 4 heteroatoms. The van der Waals surface area contributed by atoms with Gasteiger partial charge in [0.1, 0.15) is 0 Å². The van der Waals surface area contributed by atoms with Gasteiger partial charge in [0.05, 0.1) is 23.5 Å². The molecule has 0 bridgehead atoms. The summed E-state index contributed by atoms with van der Waals surface area (Å²) >= 11 is 0. The maximum absolute atomic E-state index is 10.5. The van der Waals surface area contributed by atoms with E-state index in [2.05, 4.69) is 28.5 Å². The van der Waals surface area contributed by atoms with Crippen molar-refractivity contribution >= 4 is 11.3 Å². The second-order valence-corrected chi connectivity index (χ2v) is 5.96. The van der Waals surface area contributed by atoms with E-state index in [0.717, 1.165) is 29.9 Å². The number of hydrogen-bond acceptors (Lipinski definition) is 3. The summed E-state index contributed by atoms with van der Waals surface area (Å²) in [6.45, 7) is 1.99. The first kappa shape index (κ1) is 13.3. The van der Waals surface area contributed by atoms with E-state index in [1.165, 1.54) is 11.1 Å². The van der Waals surface area contributed by atoms with Crippen LogP contribution in [0, 0.1) is 6.92 Å². The summed E-state index contributed by atoms with van der Waals surface area (Å²) < 4.78 is 2.01. The molecule has 2 atom stereocenters. The number of hydrogen-bond donors (Lipinski definition) is 2. The van der Waals surface area contributed by atoms with Gasteiger partial charge in [0.15, 0.2) is 5.65 Å². The highest BCUT2D eigenvalue weighted by atomic mass is 16.3. The molecular formula is C18H19N3O. The van der Waals surface area contributed by atoms with Gasteiger partial charge in [-0.3, -0.25) is 0 Å². The Labute approximate surface area is 129 Å². The zero-order chi connectivity index (χ0) is 15.1. The molecule has 4 nitrogen and oxygen atoms in total. The van der Waals surface area contributed by atoms with Gasteiger partial charge in [0, 0.05) is 12.4 Å². The molecule has 112 valence electrons. The zero-order valence-corrected chi connectivity index (χ0v) is 12.5. The Morgan fingerprint density at radius 3 is 3.00 bits per heavy atom. The van der Waals surface area contributed by atoms with Crippen molar-refractivity contribution in [3.05, 3.63) is 65.6 Å². The van der Waals surface area contributed by atoms with E-state index in [0.29, 0.717) is 0 Å². The number of rotatable bonds is 2. The Hall–Kier alpha value is -2.33. The highest BCUT2D eigenvalue weighted by Gasteiger charge is 2.28. The van der Waals surface area contributed by atoms with Crippen LogP contribution in [0.1, 0.15) is 29.3 Å². The van der Waals surface area contributed by atoms with Crippen molar-refractivity contribution in [3.63, 3.8) is 0 Å². The number of aryl methyl sites for hydroxylation is 2. The van der Waals surface area contributed by atoms with Gasteiger partial charge in [0.2, 0.25) is 0 Å². The van der Waals surface area contributed by atoms with Crippen molar-refractivity contribution in [1.82, 2.24) is 9.38 Å². The smallest absolute Gasteiger partial charge is 0.160 e. The second-order valence-electron chi connectivity index (χ2n) is 5.96. The van der Waals surface area contributed by atoms with Gasteiger partial charge in [-0.2, -0.15) is 0 Å². The Kier molecular flexibility index (Phi) is 3.12. The van der Waals surface area contributed by atoms with Crippen molar-refractivity contribution in [3.8, 4) is 0 Å². The molecule has 0 saturated heterocycles. The van der Waals surface area contributed by atoms with Crippen LogP contribution in [0.4, 0.5) is 5.69 Å². The third-order valence-corrected chi connectivity index (χ3v) is 4.40. The third kappa shape index (κ3) is 2.16. The van der Waals surface area contributed by atoms with E-state index in [1.807, 2.05) is 41.9 Å². The average molecular weight is 293 g/mol. The lowest BCUT2D eigenvalue weighted by molar-refractivity contribution is 0.135. The van der Waals surface area contributed by atoms with Crippen molar-refractivity contribution in [2.24, 2.45) is 0 Å². The fourth-order valence-corrected chi connectivity index (χ4v) is 3.33. The van der Waals surface area contributed by atoms with E-state index in [9.17, 15) is 5.11 Å². The summed E-state index contributed by atoms with van der Waals surface area (Å²) in [7, 11) is 0. The maximum atomic E-state index is 10.5. The number of fused-ring (bicyclic) bond motifs is 2. The Bertz CT molecular complexity index is 824. The maximum Gasteiger partial charge on any atom is 0.160 e. The molecule has 3 aromatic rings. The normalized spacial score (nSPS) is 20.8. The zero-order valence-electron chi connectivity index (χ0n) is 12.5. The predicted molar refractivity (Wildman–Crippen MR) is 87.1 cm³/mol. The summed E-state index contributed by atoms with van der Waals surface area (Å²) in [6.07, 6.45) is 5.33. The molecule has 0 saturated carbocycles. The topological polar surface area (TPSA) is 49.6 Å². The number of aliphatic hydroxyl groups excluding tert-OH is 1. The van der Waals surface area contributed by atoms with Gasteiger partial charge in [-0.25, -0.2) is 4.98 Å². The molecule has 2 heterocycles. The minimum absolute atomic E-state index is 0.0897. The second kappa shape index (κ2) is 5.14. The van der Waals surface area contributed by atoms with E-state index in [-0.39, 0.29) is 12.1 Å². The van der Waals surface area contributed by atoms with Crippen LogP contribution >= 0.6 is 0 Å². The van der Waals surface area contributed by atoms with E-state index >= 15 is 0 Å². The number of nitrogens with one attached hydrogen (secondary N) is 1. The first-order valence-corrected chi connectivity index (χ1v) is 7.69. The lowest BCUT2D eigenvalue weighted by Gasteiger charge is -2.31.